The predicted molar refractivity (Wildman–Crippen MR) is 134 cm³/mol. The van der Waals surface area contributed by atoms with Crippen molar-refractivity contribution < 1.29 is 28.3 Å². The van der Waals surface area contributed by atoms with Gasteiger partial charge in [0.2, 0.25) is 0 Å². The van der Waals surface area contributed by atoms with Crippen LogP contribution in [0.25, 0.3) is 22.5 Å². The summed E-state index contributed by atoms with van der Waals surface area (Å²) in [5.41, 5.74) is 3.88. The summed E-state index contributed by atoms with van der Waals surface area (Å²) in [6, 6.07) is 20.6. The monoisotopic (exact) mass is 488 g/mol. The van der Waals surface area contributed by atoms with Crippen molar-refractivity contribution in [3.05, 3.63) is 89.9 Å². The molecule has 1 heterocycles. The van der Waals surface area contributed by atoms with Crippen molar-refractivity contribution in [1.82, 2.24) is 5.16 Å². The summed E-state index contributed by atoms with van der Waals surface area (Å²) in [7, 11) is 0. The third-order valence-electron chi connectivity index (χ3n) is 5.86. The predicted octanol–water partition coefficient (Wildman–Crippen LogP) is 6.94. The van der Waals surface area contributed by atoms with Crippen molar-refractivity contribution >= 4 is 23.4 Å². The summed E-state index contributed by atoms with van der Waals surface area (Å²) in [5, 5.41) is 13.2. The number of benzene rings is 3. The Balaban J connectivity index is 1.71. The van der Waals surface area contributed by atoms with E-state index < -0.39 is 23.8 Å². The lowest BCUT2D eigenvalue weighted by Crippen LogP contribution is -2.28. The molecule has 1 amide bonds. The van der Waals surface area contributed by atoms with Gasteiger partial charge in [0.1, 0.15) is 17.2 Å². The van der Waals surface area contributed by atoms with Crippen LogP contribution < -0.4 is 4.90 Å². The van der Waals surface area contributed by atoms with Crippen LogP contribution in [0.1, 0.15) is 31.0 Å². The number of ether oxygens (including phenoxy) is 1. The molecule has 3 aromatic carbocycles. The van der Waals surface area contributed by atoms with E-state index in [1.54, 1.807) is 39.0 Å². The molecule has 0 aliphatic heterocycles. The second-order valence-electron chi connectivity index (χ2n) is 8.19. The quantitative estimate of drug-likeness (QED) is 0.303. The molecule has 184 valence electrons. The summed E-state index contributed by atoms with van der Waals surface area (Å²) < 4.78 is 25.5. The van der Waals surface area contributed by atoms with Crippen LogP contribution in [0.15, 0.2) is 77.3 Å². The van der Waals surface area contributed by atoms with E-state index in [1.165, 1.54) is 18.2 Å². The molecule has 0 saturated heterocycles. The largest absolute Gasteiger partial charge is 0.481 e. The number of halogens is 1. The van der Waals surface area contributed by atoms with Crippen LogP contribution in [0, 0.1) is 12.7 Å². The highest BCUT2D eigenvalue weighted by molar-refractivity contribution is 6.00. The molecule has 0 aliphatic carbocycles. The van der Waals surface area contributed by atoms with E-state index in [9.17, 15) is 19.1 Å². The summed E-state index contributed by atoms with van der Waals surface area (Å²) >= 11 is 0. The number of hydrogen-bond acceptors (Lipinski definition) is 5. The molecule has 0 fully saturated rings. The Hall–Kier alpha value is -4.46. The molecular formula is C28H25FN2O5. The van der Waals surface area contributed by atoms with Crippen molar-refractivity contribution in [1.29, 1.82) is 0 Å². The third kappa shape index (κ3) is 4.84. The summed E-state index contributed by atoms with van der Waals surface area (Å²) in [5.74, 6) is -1.77. The molecule has 4 aromatic rings. The molecule has 1 atom stereocenters. The van der Waals surface area contributed by atoms with Crippen molar-refractivity contribution in [2.45, 2.75) is 26.7 Å². The van der Waals surface area contributed by atoms with Gasteiger partial charge in [-0.1, -0.05) is 65.8 Å². The molecule has 8 heteroatoms. The molecule has 4 rings (SSSR count). The molecule has 0 spiro atoms. The van der Waals surface area contributed by atoms with Crippen LogP contribution >= 0.6 is 0 Å². The third-order valence-corrected chi connectivity index (χ3v) is 5.86. The first-order valence-electron chi connectivity index (χ1n) is 11.4. The van der Waals surface area contributed by atoms with Gasteiger partial charge in [-0.05, 0) is 49.6 Å². The Kier molecular flexibility index (Phi) is 7.15. The molecule has 7 nitrogen and oxygen atoms in total. The average molecular weight is 489 g/mol. The Morgan fingerprint density at radius 1 is 1.00 bits per heavy atom. The van der Waals surface area contributed by atoms with E-state index in [0.29, 0.717) is 22.7 Å². The molecule has 0 bridgehead atoms. The Morgan fingerprint density at radius 2 is 1.58 bits per heavy atom. The zero-order chi connectivity index (χ0) is 25.8. The second kappa shape index (κ2) is 10.4. The average Bonchev–Trinajstić information content (AvgIpc) is 3.26. The van der Waals surface area contributed by atoms with Crippen LogP contribution in [0.3, 0.4) is 0 Å². The number of anilines is 2. The summed E-state index contributed by atoms with van der Waals surface area (Å²) in [6.45, 7) is 5.10. The number of carbonyl (C=O) groups excluding carboxylic acids is 1. The first-order valence-corrected chi connectivity index (χ1v) is 11.4. The maximum Gasteiger partial charge on any atom is 0.419 e. The van der Waals surface area contributed by atoms with E-state index in [-0.39, 0.29) is 12.3 Å². The molecule has 0 radical (unpaired) electrons. The maximum atomic E-state index is 14.7. The summed E-state index contributed by atoms with van der Waals surface area (Å²) in [4.78, 5) is 25.3. The van der Waals surface area contributed by atoms with Gasteiger partial charge in [0.05, 0.1) is 18.2 Å². The molecule has 0 aliphatic rings. The van der Waals surface area contributed by atoms with Crippen LogP contribution in [0.5, 0.6) is 0 Å². The number of aryl methyl sites for hydroxylation is 1. The number of carboxylic acid groups (broad SMARTS) is 1. The number of hydrogen-bond donors (Lipinski definition) is 1. The molecule has 1 unspecified atom stereocenters. The smallest absolute Gasteiger partial charge is 0.419 e. The maximum absolute atomic E-state index is 14.7. The topological polar surface area (TPSA) is 92.9 Å². The van der Waals surface area contributed by atoms with Gasteiger partial charge in [-0.2, -0.15) is 0 Å². The fourth-order valence-corrected chi connectivity index (χ4v) is 3.87. The van der Waals surface area contributed by atoms with Crippen molar-refractivity contribution in [2.75, 3.05) is 11.5 Å². The highest BCUT2D eigenvalue weighted by atomic mass is 19.1. The van der Waals surface area contributed by atoms with E-state index in [0.717, 1.165) is 21.6 Å². The number of amides is 1. The Bertz CT molecular complexity index is 1380. The van der Waals surface area contributed by atoms with Gasteiger partial charge in [0.15, 0.2) is 5.76 Å². The minimum atomic E-state index is -0.877. The van der Waals surface area contributed by atoms with Gasteiger partial charge in [-0.3, -0.25) is 4.79 Å². The highest BCUT2D eigenvalue weighted by Gasteiger charge is 2.30. The second-order valence-corrected chi connectivity index (χ2v) is 8.19. The minimum Gasteiger partial charge on any atom is -0.481 e. The normalized spacial score (nSPS) is 11.7. The number of carbonyl (C=O) groups is 2. The van der Waals surface area contributed by atoms with E-state index >= 15 is 0 Å². The van der Waals surface area contributed by atoms with Gasteiger partial charge >= 0.3 is 12.1 Å². The number of nitrogens with zero attached hydrogens (tertiary/aromatic N) is 2. The van der Waals surface area contributed by atoms with Crippen molar-refractivity contribution in [2.24, 2.45) is 0 Å². The SMILES string of the molecule is CCOC(=O)N(c1ccccc1F)c1c(C)noc1-c1ccc(-c2ccc(C(C)C(=O)O)cc2)cc1. The first kappa shape index (κ1) is 24.7. The number of aliphatic carboxylic acids is 1. The zero-order valence-electron chi connectivity index (χ0n) is 20.1. The van der Waals surface area contributed by atoms with Gasteiger partial charge in [-0.25, -0.2) is 14.1 Å². The van der Waals surface area contributed by atoms with Gasteiger partial charge in [-0.15, -0.1) is 0 Å². The molecule has 1 aromatic heterocycles. The summed E-state index contributed by atoms with van der Waals surface area (Å²) in [6.07, 6.45) is -0.748. The lowest BCUT2D eigenvalue weighted by molar-refractivity contribution is -0.138. The molecular weight excluding hydrogens is 463 g/mol. The first-order chi connectivity index (χ1) is 17.3. The Labute approximate surface area is 207 Å². The van der Waals surface area contributed by atoms with Crippen molar-refractivity contribution in [3.63, 3.8) is 0 Å². The lowest BCUT2D eigenvalue weighted by Gasteiger charge is -2.22. The van der Waals surface area contributed by atoms with Crippen molar-refractivity contribution in [3.8, 4) is 22.5 Å². The Morgan fingerprint density at radius 3 is 2.17 bits per heavy atom. The highest BCUT2D eigenvalue weighted by Crippen LogP contribution is 2.40. The number of rotatable bonds is 7. The molecule has 1 N–H and O–H groups in total. The minimum absolute atomic E-state index is 0.0239. The number of aromatic nitrogens is 1. The zero-order valence-corrected chi connectivity index (χ0v) is 20.1. The lowest BCUT2D eigenvalue weighted by atomic mass is 9.97. The van der Waals surface area contributed by atoms with Gasteiger partial charge < -0.3 is 14.4 Å². The fourth-order valence-electron chi connectivity index (χ4n) is 3.87. The fraction of sp³-hybridized carbons (Fsp3) is 0.179. The van der Waals surface area contributed by atoms with Crippen LogP contribution in [0.2, 0.25) is 0 Å². The van der Waals surface area contributed by atoms with Gasteiger partial charge in [0.25, 0.3) is 0 Å². The van der Waals surface area contributed by atoms with Crippen LogP contribution in [-0.2, 0) is 9.53 Å². The van der Waals surface area contributed by atoms with E-state index in [1.807, 2.05) is 36.4 Å². The van der Waals surface area contributed by atoms with Gasteiger partial charge in [0, 0.05) is 5.56 Å². The van der Waals surface area contributed by atoms with Crippen LogP contribution in [-0.4, -0.2) is 28.9 Å². The standard InChI is InChI=1S/C28H25FN2O5/c1-4-35-28(34)31(24-8-6-5-7-23(24)29)25-18(3)30-36-26(25)22-15-13-21(14-16-22)20-11-9-19(10-12-20)17(2)27(32)33/h5-17H,4H2,1-3H3,(H,32,33). The molecule has 0 saturated carbocycles. The number of carboxylic acids is 1. The van der Waals surface area contributed by atoms with E-state index in [2.05, 4.69) is 5.16 Å². The molecule has 36 heavy (non-hydrogen) atoms. The van der Waals surface area contributed by atoms with Crippen LogP contribution in [0.4, 0.5) is 20.6 Å². The number of para-hydroxylation sites is 1. The van der Waals surface area contributed by atoms with E-state index in [4.69, 9.17) is 9.26 Å².